The number of alkyl halides is 3. The maximum Gasteiger partial charge on any atom is 0.389 e. The molecule has 6 heteroatoms. The Morgan fingerprint density at radius 1 is 1.12 bits per heavy atom. The number of ketones is 1. The summed E-state index contributed by atoms with van der Waals surface area (Å²) in [6, 6.07) is 4.24. The molecule has 0 bridgehead atoms. The fourth-order valence-corrected chi connectivity index (χ4v) is 1.83. The molecule has 0 aliphatic heterocycles. The first kappa shape index (κ1) is 14.3. The molecule has 1 rings (SSSR count). The van der Waals surface area contributed by atoms with E-state index in [1.54, 1.807) is 0 Å². The Balaban J connectivity index is 2.58. The molecule has 0 saturated carbocycles. The molecule has 1 aromatic carbocycles. The van der Waals surface area contributed by atoms with Gasteiger partial charge in [-0.1, -0.05) is 23.2 Å². The van der Waals surface area contributed by atoms with Gasteiger partial charge in [0.1, 0.15) is 0 Å². The van der Waals surface area contributed by atoms with Crippen molar-refractivity contribution < 1.29 is 18.0 Å². The van der Waals surface area contributed by atoms with Crippen LogP contribution in [0, 0.1) is 0 Å². The third kappa shape index (κ3) is 5.41. The van der Waals surface area contributed by atoms with Crippen LogP contribution in [0.4, 0.5) is 13.2 Å². The van der Waals surface area contributed by atoms with Gasteiger partial charge in [-0.15, -0.1) is 0 Å². The van der Waals surface area contributed by atoms with E-state index in [9.17, 15) is 18.0 Å². The first-order chi connectivity index (χ1) is 7.78. The molecule has 0 atom stereocenters. The van der Waals surface area contributed by atoms with Crippen LogP contribution in [0.1, 0.15) is 29.6 Å². The maximum absolute atomic E-state index is 11.9. The standard InChI is InChI=1S/C11H9Cl2F3O/c12-8-4-7(5-9(13)6-8)10(17)2-1-3-11(14,15)16/h4-6H,1-3H2. The Morgan fingerprint density at radius 2 is 1.65 bits per heavy atom. The number of halogens is 5. The predicted molar refractivity (Wildman–Crippen MR) is 60.7 cm³/mol. The third-order valence-corrected chi connectivity index (χ3v) is 2.49. The van der Waals surface area contributed by atoms with Gasteiger partial charge >= 0.3 is 6.18 Å². The normalized spacial score (nSPS) is 11.6. The summed E-state index contributed by atoms with van der Waals surface area (Å²) in [4.78, 5) is 11.6. The summed E-state index contributed by atoms with van der Waals surface area (Å²) in [7, 11) is 0. The number of carbonyl (C=O) groups is 1. The van der Waals surface area contributed by atoms with E-state index in [0.29, 0.717) is 0 Å². The van der Waals surface area contributed by atoms with Gasteiger partial charge in [-0.05, 0) is 24.6 Å². The third-order valence-electron chi connectivity index (χ3n) is 2.05. The molecule has 1 aromatic rings. The van der Waals surface area contributed by atoms with Gasteiger partial charge in [-0.3, -0.25) is 4.79 Å². The molecule has 94 valence electrons. The Hall–Kier alpha value is -0.740. The zero-order valence-corrected chi connectivity index (χ0v) is 10.2. The highest BCUT2D eigenvalue weighted by Gasteiger charge is 2.26. The molecule has 0 heterocycles. The number of rotatable bonds is 4. The monoisotopic (exact) mass is 284 g/mol. The van der Waals surface area contributed by atoms with Crippen LogP contribution in [-0.2, 0) is 0 Å². The van der Waals surface area contributed by atoms with Gasteiger partial charge < -0.3 is 0 Å². The summed E-state index contributed by atoms with van der Waals surface area (Å²) in [6.07, 6.45) is -5.60. The number of hydrogen-bond acceptors (Lipinski definition) is 1. The number of hydrogen-bond donors (Lipinski definition) is 0. The van der Waals surface area contributed by atoms with Gasteiger partial charge in [0.05, 0.1) is 0 Å². The van der Waals surface area contributed by atoms with Gasteiger partial charge in [0.25, 0.3) is 0 Å². The SMILES string of the molecule is O=C(CCCC(F)(F)F)c1cc(Cl)cc(Cl)c1. The summed E-state index contributed by atoms with van der Waals surface area (Å²) >= 11 is 11.4. The Labute approximate surface area is 107 Å². The Kier molecular flexibility index (Phi) is 4.83. The number of carbonyl (C=O) groups excluding carboxylic acids is 1. The van der Waals surface area contributed by atoms with Crippen molar-refractivity contribution in [2.45, 2.75) is 25.4 Å². The minimum atomic E-state index is -4.23. The van der Waals surface area contributed by atoms with E-state index >= 15 is 0 Å². The molecule has 0 unspecified atom stereocenters. The molecule has 0 aromatic heterocycles. The van der Waals surface area contributed by atoms with Crippen LogP contribution >= 0.6 is 23.2 Å². The first-order valence-corrected chi connectivity index (χ1v) is 5.59. The van der Waals surface area contributed by atoms with Crippen LogP contribution in [0.15, 0.2) is 18.2 Å². The number of benzene rings is 1. The van der Waals surface area contributed by atoms with Crippen molar-refractivity contribution in [3.05, 3.63) is 33.8 Å². The summed E-state index contributed by atoms with van der Waals surface area (Å²) < 4.78 is 35.6. The minimum Gasteiger partial charge on any atom is -0.294 e. The van der Waals surface area contributed by atoms with Crippen molar-refractivity contribution in [2.24, 2.45) is 0 Å². The highest BCUT2D eigenvalue weighted by atomic mass is 35.5. The van der Waals surface area contributed by atoms with Crippen LogP contribution < -0.4 is 0 Å². The summed E-state index contributed by atoms with van der Waals surface area (Å²) in [5.74, 6) is -0.390. The lowest BCUT2D eigenvalue weighted by atomic mass is 10.1. The fourth-order valence-electron chi connectivity index (χ4n) is 1.31. The molecule has 0 aliphatic carbocycles. The Bertz CT molecular complexity index is 395. The van der Waals surface area contributed by atoms with Crippen molar-refractivity contribution in [3.63, 3.8) is 0 Å². The summed E-state index contributed by atoms with van der Waals surface area (Å²) in [5.41, 5.74) is 0.240. The molecule has 1 nitrogen and oxygen atoms in total. The van der Waals surface area contributed by atoms with E-state index in [0.717, 1.165) is 0 Å². The molecular formula is C11H9Cl2F3O. The van der Waals surface area contributed by atoms with E-state index in [1.807, 2.05) is 0 Å². The molecule has 0 fully saturated rings. The van der Waals surface area contributed by atoms with Crippen LogP contribution in [0.2, 0.25) is 10.0 Å². The van der Waals surface area contributed by atoms with E-state index in [4.69, 9.17) is 23.2 Å². The van der Waals surface area contributed by atoms with E-state index in [1.165, 1.54) is 18.2 Å². The van der Waals surface area contributed by atoms with Gasteiger partial charge in [0, 0.05) is 28.5 Å². The van der Waals surface area contributed by atoms with Crippen molar-refractivity contribution in [2.75, 3.05) is 0 Å². The van der Waals surface area contributed by atoms with Crippen molar-refractivity contribution >= 4 is 29.0 Å². The second-order valence-corrected chi connectivity index (χ2v) is 4.42. The van der Waals surface area contributed by atoms with Gasteiger partial charge in [-0.25, -0.2) is 0 Å². The van der Waals surface area contributed by atoms with Crippen molar-refractivity contribution in [1.82, 2.24) is 0 Å². The second-order valence-electron chi connectivity index (χ2n) is 3.55. The van der Waals surface area contributed by atoms with Crippen molar-refractivity contribution in [3.8, 4) is 0 Å². The molecule has 0 amide bonds. The molecule has 17 heavy (non-hydrogen) atoms. The van der Waals surface area contributed by atoms with E-state index in [-0.39, 0.29) is 28.5 Å². The zero-order valence-electron chi connectivity index (χ0n) is 8.65. The van der Waals surface area contributed by atoms with Gasteiger partial charge in [0.15, 0.2) is 5.78 Å². The highest BCUT2D eigenvalue weighted by Crippen LogP contribution is 2.24. The molecule has 0 N–H and O–H groups in total. The first-order valence-electron chi connectivity index (χ1n) is 4.84. The molecule has 0 saturated heterocycles. The zero-order chi connectivity index (χ0) is 13.1. The van der Waals surface area contributed by atoms with E-state index < -0.39 is 18.4 Å². The summed E-state index contributed by atoms with van der Waals surface area (Å²) in [5, 5.41) is 0.577. The van der Waals surface area contributed by atoms with Gasteiger partial charge in [0.2, 0.25) is 0 Å². The largest absolute Gasteiger partial charge is 0.389 e. The lowest BCUT2D eigenvalue weighted by Gasteiger charge is -2.06. The molecule has 0 aliphatic rings. The molecule has 0 spiro atoms. The van der Waals surface area contributed by atoms with Gasteiger partial charge in [-0.2, -0.15) is 13.2 Å². The highest BCUT2D eigenvalue weighted by molar-refractivity contribution is 6.35. The lowest BCUT2D eigenvalue weighted by Crippen LogP contribution is -2.08. The fraction of sp³-hybridized carbons (Fsp3) is 0.364. The maximum atomic E-state index is 11.9. The van der Waals surface area contributed by atoms with Crippen LogP contribution in [-0.4, -0.2) is 12.0 Å². The van der Waals surface area contributed by atoms with E-state index in [2.05, 4.69) is 0 Å². The van der Waals surface area contributed by atoms with Crippen LogP contribution in [0.3, 0.4) is 0 Å². The topological polar surface area (TPSA) is 17.1 Å². The number of Topliss-reactive ketones (excluding diaryl/α,β-unsaturated/α-hetero) is 1. The smallest absolute Gasteiger partial charge is 0.294 e. The van der Waals surface area contributed by atoms with Crippen LogP contribution in [0.5, 0.6) is 0 Å². The quantitative estimate of drug-likeness (QED) is 0.718. The predicted octanol–water partition coefficient (Wildman–Crippen LogP) is 4.91. The average molecular weight is 285 g/mol. The minimum absolute atomic E-state index is 0.170. The summed E-state index contributed by atoms with van der Waals surface area (Å²) in [6.45, 7) is 0. The Morgan fingerprint density at radius 3 is 2.12 bits per heavy atom. The molecular weight excluding hydrogens is 276 g/mol. The molecule has 0 radical (unpaired) electrons. The van der Waals surface area contributed by atoms with Crippen molar-refractivity contribution in [1.29, 1.82) is 0 Å². The lowest BCUT2D eigenvalue weighted by molar-refractivity contribution is -0.135. The van der Waals surface area contributed by atoms with Crippen LogP contribution in [0.25, 0.3) is 0 Å². The second kappa shape index (κ2) is 5.74. The average Bonchev–Trinajstić information content (AvgIpc) is 2.13.